The standard InChI is InChI=1S/C16H13FN4O/c1-8-6-21-15(9(8)2)14(18-7-19-21)13-11-5-10(17)3-4-12(11)20-16(13)22/h3-7,13H,1-2H3,(H,20,22). The van der Waals surface area contributed by atoms with Gasteiger partial charge in [-0.05, 0) is 48.7 Å². The minimum Gasteiger partial charge on any atom is -0.325 e. The van der Waals surface area contributed by atoms with Gasteiger partial charge in [0, 0.05) is 11.9 Å². The maximum atomic E-state index is 13.6. The lowest BCUT2D eigenvalue weighted by Gasteiger charge is -2.10. The molecule has 0 saturated heterocycles. The first-order chi connectivity index (χ1) is 10.6. The van der Waals surface area contributed by atoms with Gasteiger partial charge in [0.15, 0.2) is 0 Å². The number of aryl methyl sites for hydroxylation is 2. The Hall–Kier alpha value is -2.76. The van der Waals surface area contributed by atoms with Crippen LogP contribution in [-0.4, -0.2) is 20.5 Å². The molecule has 5 nitrogen and oxygen atoms in total. The summed E-state index contributed by atoms with van der Waals surface area (Å²) in [6.07, 6.45) is 3.32. The van der Waals surface area contributed by atoms with Crippen molar-refractivity contribution in [2.24, 2.45) is 0 Å². The van der Waals surface area contributed by atoms with Gasteiger partial charge in [0.1, 0.15) is 18.1 Å². The van der Waals surface area contributed by atoms with E-state index in [1.54, 1.807) is 10.6 Å². The normalized spacial score (nSPS) is 16.9. The minimum absolute atomic E-state index is 0.195. The van der Waals surface area contributed by atoms with E-state index < -0.39 is 5.92 Å². The third kappa shape index (κ3) is 1.67. The van der Waals surface area contributed by atoms with Crippen LogP contribution in [0.1, 0.15) is 28.3 Å². The summed E-state index contributed by atoms with van der Waals surface area (Å²) in [5, 5.41) is 6.98. The first kappa shape index (κ1) is 12.9. The molecule has 4 rings (SSSR count). The fraction of sp³-hybridized carbons (Fsp3) is 0.188. The summed E-state index contributed by atoms with van der Waals surface area (Å²) in [7, 11) is 0. The number of carbonyl (C=O) groups excluding carboxylic acids is 1. The van der Waals surface area contributed by atoms with Gasteiger partial charge in [-0.2, -0.15) is 5.10 Å². The van der Waals surface area contributed by atoms with Crippen LogP contribution in [0.15, 0.2) is 30.7 Å². The first-order valence-electron chi connectivity index (χ1n) is 6.96. The highest BCUT2D eigenvalue weighted by molar-refractivity contribution is 6.05. The number of benzene rings is 1. The zero-order chi connectivity index (χ0) is 15.4. The molecule has 110 valence electrons. The minimum atomic E-state index is -0.621. The molecule has 1 N–H and O–H groups in total. The van der Waals surface area contributed by atoms with Crippen LogP contribution < -0.4 is 5.32 Å². The van der Waals surface area contributed by atoms with Crippen LogP contribution >= 0.6 is 0 Å². The monoisotopic (exact) mass is 296 g/mol. The molecule has 0 bridgehead atoms. The van der Waals surface area contributed by atoms with Crippen molar-refractivity contribution in [3.05, 3.63) is 58.9 Å². The van der Waals surface area contributed by atoms with E-state index >= 15 is 0 Å². The third-order valence-corrected chi connectivity index (χ3v) is 4.23. The summed E-state index contributed by atoms with van der Waals surface area (Å²) in [6.45, 7) is 3.95. The lowest BCUT2D eigenvalue weighted by atomic mass is 9.95. The summed E-state index contributed by atoms with van der Waals surface area (Å²) in [5.74, 6) is -1.18. The molecule has 0 fully saturated rings. The Morgan fingerprint density at radius 2 is 2.14 bits per heavy atom. The highest BCUT2D eigenvalue weighted by Gasteiger charge is 2.35. The molecule has 2 aromatic heterocycles. The Kier molecular flexibility index (Phi) is 2.57. The highest BCUT2D eigenvalue weighted by Crippen LogP contribution is 2.38. The molecule has 0 radical (unpaired) electrons. The summed E-state index contributed by atoms with van der Waals surface area (Å²) in [6, 6.07) is 4.31. The fourth-order valence-electron chi connectivity index (χ4n) is 3.02. The van der Waals surface area contributed by atoms with E-state index in [2.05, 4.69) is 15.4 Å². The van der Waals surface area contributed by atoms with E-state index in [0.29, 0.717) is 16.9 Å². The van der Waals surface area contributed by atoms with Gasteiger partial charge in [0.25, 0.3) is 0 Å². The van der Waals surface area contributed by atoms with Crippen LogP contribution in [0.3, 0.4) is 0 Å². The molecule has 0 spiro atoms. The van der Waals surface area contributed by atoms with E-state index in [9.17, 15) is 9.18 Å². The predicted octanol–water partition coefficient (Wildman–Crippen LogP) is 2.57. The predicted molar refractivity (Wildman–Crippen MR) is 79.3 cm³/mol. The van der Waals surface area contributed by atoms with Crippen molar-refractivity contribution in [1.29, 1.82) is 0 Å². The molecule has 6 heteroatoms. The van der Waals surface area contributed by atoms with Gasteiger partial charge in [-0.3, -0.25) is 4.79 Å². The van der Waals surface area contributed by atoms with Crippen molar-refractivity contribution < 1.29 is 9.18 Å². The molecule has 3 heterocycles. The SMILES string of the molecule is Cc1cn2ncnc(C3C(=O)Nc4ccc(F)cc43)c2c1C. The molecule has 1 atom stereocenters. The Morgan fingerprint density at radius 1 is 1.32 bits per heavy atom. The average Bonchev–Trinajstić information content (AvgIpc) is 2.96. The molecule has 3 aromatic rings. The summed E-state index contributed by atoms with van der Waals surface area (Å²) < 4.78 is 15.3. The van der Waals surface area contributed by atoms with Crippen LogP contribution in [0.4, 0.5) is 10.1 Å². The van der Waals surface area contributed by atoms with Crippen LogP contribution in [0.2, 0.25) is 0 Å². The Labute approximate surface area is 125 Å². The van der Waals surface area contributed by atoms with E-state index in [0.717, 1.165) is 16.6 Å². The Morgan fingerprint density at radius 3 is 2.95 bits per heavy atom. The number of amides is 1. The molecule has 22 heavy (non-hydrogen) atoms. The number of halogens is 1. The average molecular weight is 296 g/mol. The van der Waals surface area contributed by atoms with Crippen molar-refractivity contribution in [2.45, 2.75) is 19.8 Å². The van der Waals surface area contributed by atoms with Crippen LogP contribution in [0, 0.1) is 19.7 Å². The van der Waals surface area contributed by atoms with Gasteiger partial charge >= 0.3 is 0 Å². The Balaban J connectivity index is 2.01. The van der Waals surface area contributed by atoms with Crippen LogP contribution in [-0.2, 0) is 4.79 Å². The van der Waals surface area contributed by atoms with Crippen molar-refractivity contribution in [2.75, 3.05) is 5.32 Å². The van der Waals surface area contributed by atoms with Crippen molar-refractivity contribution in [3.63, 3.8) is 0 Å². The van der Waals surface area contributed by atoms with Gasteiger partial charge < -0.3 is 5.32 Å². The van der Waals surface area contributed by atoms with E-state index in [4.69, 9.17) is 0 Å². The van der Waals surface area contributed by atoms with Crippen molar-refractivity contribution in [3.8, 4) is 0 Å². The summed E-state index contributed by atoms with van der Waals surface area (Å²) in [5.41, 5.74) is 4.74. The third-order valence-electron chi connectivity index (χ3n) is 4.23. The molecule has 1 unspecified atom stereocenters. The lowest BCUT2D eigenvalue weighted by Crippen LogP contribution is -2.16. The van der Waals surface area contributed by atoms with Crippen LogP contribution in [0.25, 0.3) is 5.52 Å². The lowest BCUT2D eigenvalue weighted by molar-refractivity contribution is -0.116. The molecular formula is C16H13FN4O. The Bertz CT molecular complexity index is 931. The van der Waals surface area contributed by atoms with Gasteiger partial charge in [0.05, 0.1) is 11.2 Å². The molecule has 1 aliphatic rings. The zero-order valence-electron chi connectivity index (χ0n) is 12.1. The number of rotatable bonds is 1. The number of aromatic nitrogens is 3. The van der Waals surface area contributed by atoms with Crippen molar-refractivity contribution >= 4 is 17.1 Å². The number of nitrogens with one attached hydrogen (secondary N) is 1. The number of hydrogen-bond donors (Lipinski definition) is 1. The number of anilines is 1. The van der Waals surface area contributed by atoms with Gasteiger partial charge in [-0.15, -0.1) is 0 Å². The van der Waals surface area contributed by atoms with E-state index in [1.807, 2.05) is 20.0 Å². The largest absolute Gasteiger partial charge is 0.325 e. The summed E-state index contributed by atoms with van der Waals surface area (Å²) in [4.78, 5) is 16.7. The smallest absolute Gasteiger partial charge is 0.238 e. The maximum absolute atomic E-state index is 13.6. The number of hydrogen-bond acceptors (Lipinski definition) is 3. The molecule has 1 aromatic carbocycles. The summed E-state index contributed by atoms with van der Waals surface area (Å²) >= 11 is 0. The quantitative estimate of drug-likeness (QED) is 0.751. The second kappa shape index (κ2) is 4.37. The fourth-order valence-corrected chi connectivity index (χ4v) is 3.02. The molecule has 0 aliphatic carbocycles. The van der Waals surface area contributed by atoms with Crippen LogP contribution in [0.5, 0.6) is 0 Å². The number of carbonyl (C=O) groups is 1. The van der Waals surface area contributed by atoms with Gasteiger partial charge in [-0.25, -0.2) is 13.9 Å². The molecule has 0 saturated carbocycles. The second-order valence-corrected chi connectivity index (χ2v) is 5.53. The van der Waals surface area contributed by atoms with Gasteiger partial charge in [-0.1, -0.05) is 0 Å². The van der Waals surface area contributed by atoms with E-state index in [-0.39, 0.29) is 11.7 Å². The molecule has 1 aliphatic heterocycles. The number of nitrogens with zero attached hydrogens (tertiary/aromatic N) is 3. The van der Waals surface area contributed by atoms with Crippen molar-refractivity contribution in [1.82, 2.24) is 14.6 Å². The maximum Gasteiger partial charge on any atom is 0.238 e. The highest BCUT2D eigenvalue weighted by atomic mass is 19.1. The second-order valence-electron chi connectivity index (χ2n) is 5.53. The molecular weight excluding hydrogens is 283 g/mol. The zero-order valence-corrected chi connectivity index (χ0v) is 12.1. The van der Waals surface area contributed by atoms with E-state index in [1.165, 1.54) is 18.5 Å². The molecule has 1 amide bonds. The number of fused-ring (bicyclic) bond motifs is 2. The first-order valence-corrected chi connectivity index (χ1v) is 6.96. The van der Waals surface area contributed by atoms with Gasteiger partial charge in [0.2, 0.25) is 5.91 Å². The topological polar surface area (TPSA) is 59.3 Å².